The number of para-hydroxylation sites is 1. The number of hydrogen-bond acceptors (Lipinski definition) is 3. The van der Waals surface area contributed by atoms with Crippen molar-refractivity contribution in [2.24, 2.45) is 5.92 Å². The summed E-state index contributed by atoms with van der Waals surface area (Å²) < 4.78 is 15.4. The van der Waals surface area contributed by atoms with Crippen LogP contribution < -0.4 is 10.9 Å². The van der Waals surface area contributed by atoms with Gasteiger partial charge in [0, 0.05) is 62.1 Å². The fraction of sp³-hybridized carbons (Fsp3) is 0.478. The molecule has 3 aliphatic rings. The maximum atomic E-state index is 13.5. The zero-order valence-electron chi connectivity index (χ0n) is 17.0. The monoisotopic (exact) mass is 410 g/mol. The molecular formula is C23H27FN4O2. The number of aromatic nitrogens is 1. The lowest BCUT2D eigenvalue weighted by Gasteiger charge is -2.42. The van der Waals surface area contributed by atoms with Crippen LogP contribution in [0.15, 0.2) is 47.3 Å². The number of likely N-dealkylation sites (tertiary alicyclic amines) is 2. The lowest BCUT2D eigenvalue weighted by molar-refractivity contribution is 0.139. The van der Waals surface area contributed by atoms with Crippen molar-refractivity contribution < 1.29 is 9.18 Å². The van der Waals surface area contributed by atoms with Crippen molar-refractivity contribution in [3.05, 3.63) is 64.1 Å². The highest BCUT2D eigenvalue weighted by molar-refractivity contribution is 5.89. The van der Waals surface area contributed by atoms with Crippen LogP contribution in [-0.2, 0) is 13.1 Å². The summed E-state index contributed by atoms with van der Waals surface area (Å²) in [6, 6.07) is 13.3. The van der Waals surface area contributed by atoms with E-state index < -0.39 is 6.17 Å². The second-order valence-electron chi connectivity index (χ2n) is 8.82. The van der Waals surface area contributed by atoms with Gasteiger partial charge in [-0.2, -0.15) is 0 Å². The number of piperidine rings is 1. The summed E-state index contributed by atoms with van der Waals surface area (Å²) >= 11 is 0. The van der Waals surface area contributed by atoms with Crippen LogP contribution >= 0.6 is 0 Å². The summed E-state index contributed by atoms with van der Waals surface area (Å²) in [6.07, 6.45) is 0.777. The Hall–Kier alpha value is -2.67. The van der Waals surface area contributed by atoms with E-state index in [0.29, 0.717) is 45.7 Å². The number of nitrogens with one attached hydrogen (secondary N) is 1. The second kappa shape index (κ2) is 7.87. The van der Waals surface area contributed by atoms with E-state index in [1.165, 1.54) is 0 Å². The summed E-state index contributed by atoms with van der Waals surface area (Å²) in [5, 5.41) is 2.97. The summed E-state index contributed by atoms with van der Waals surface area (Å²) in [6.45, 7) is 3.54. The number of rotatable bonds is 3. The topological polar surface area (TPSA) is 57.6 Å². The van der Waals surface area contributed by atoms with Gasteiger partial charge in [-0.05, 0) is 37.0 Å². The Morgan fingerprint density at radius 3 is 2.67 bits per heavy atom. The molecule has 3 atom stereocenters. The third kappa shape index (κ3) is 3.74. The second-order valence-corrected chi connectivity index (χ2v) is 8.82. The van der Waals surface area contributed by atoms with E-state index in [9.17, 15) is 14.0 Å². The van der Waals surface area contributed by atoms with Crippen LogP contribution in [0.4, 0.5) is 14.9 Å². The number of alkyl halides is 1. The molecule has 6 nitrogen and oxygen atoms in total. The van der Waals surface area contributed by atoms with Crippen molar-refractivity contribution in [2.75, 3.05) is 31.5 Å². The molecule has 1 aromatic heterocycles. The van der Waals surface area contributed by atoms with Gasteiger partial charge in [0.15, 0.2) is 0 Å². The fourth-order valence-electron chi connectivity index (χ4n) is 5.17. The number of urea groups is 1. The summed E-state index contributed by atoms with van der Waals surface area (Å²) in [4.78, 5) is 29.8. The molecule has 2 bridgehead atoms. The van der Waals surface area contributed by atoms with Crippen LogP contribution in [0.1, 0.15) is 30.0 Å². The minimum absolute atomic E-state index is 0.0479. The normalized spacial score (nSPS) is 25.8. The number of amides is 2. The molecule has 0 spiro atoms. The molecule has 2 saturated heterocycles. The number of fused-ring (bicyclic) bond motifs is 4. The van der Waals surface area contributed by atoms with Gasteiger partial charge in [-0.25, -0.2) is 9.18 Å². The number of hydrogen-bond donors (Lipinski definition) is 1. The number of benzene rings is 1. The van der Waals surface area contributed by atoms with Crippen LogP contribution in [0.3, 0.4) is 0 Å². The Bertz CT molecular complexity index is 992. The molecule has 2 aromatic rings. The van der Waals surface area contributed by atoms with Crippen molar-refractivity contribution in [3.8, 4) is 0 Å². The van der Waals surface area contributed by atoms with Crippen molar-refractivity contribution in [2.45, 2.75) is 38.0 Å². The van der Waals surface area contributed by atoms with Gasteiger partial charge < -0.3 is 14.8 Å². The van der Waals surface area contributed by atoms with E-state index in [4.69, 9.17) is 0 Å². The number of carbonyl (C=O) groups excluding carboxylic acids is 1. The first-order chi connectivity index (χ1) is 14.6. The standard InChI is InChI=1S/C23H27FN4O2/c24-19-8-9-26(15-19)13-17-6-7-21-18-10-16(12-28(21)22(17)29)11-27(14-18)23(30)25-20-4-2-1-3-5-20/h1-7,16,18-19H,8-15H2,(H,25,30)/t16-,18+,19-/m0/s1. The fourth-order valence-corrected chi connectivity index (χ4v) is 5.17. The van der Waals surface area contributed by atoms with Crippen LogP contribution in [0.5, 0.6) is 0 Å². The Morgan fingerprint density at radius 1 is 1.07 bits per heavy atom. The van der Waals surface area contributed by atoms with Gasteiger partial charge in [0.2, 0.25) is 0 Å². The molecular weight excluding hydrogens is 383 g/mol. The largest absolute Gasteiger partial charge is 0.324 e. The minimum atomic E-state index is -0.780. The molecule has 1 N–H and O–H groups in total. The van der Waals surface area contributed by atoms with E-state index in [1.807, 2.05) is 56.8 Å². The first kappa shape index (κ1) is 19.3. The van der Waals surface area contributed by atoms with E-state index in [2.05, 4.69) is 5.32 Å². The van der Waals surface area contributed by atoms with Crippen LogP contribution in [0.25, 0.3) is 0 Å². The number of carbonyl (C=O) groups is 1. The highest BCUT2D eigenvalue weighted by Crippen LogP contribution is 2.35. The van der Waals surface area contributed by atoms with E-state index in [-0.39, 0.29) is 23.4 Å². The maximum absolute atomic E-state index is 13.5. The molecule has 7 heteroatoms. The zero-order chi connectivity index (χ0) is 20.7. The highest BCUT2D eigenvalue weighted by Gasteiger charge is 2.37. The van der Waals surface area contributed by atoms with Gasteiger partial charge >= 0.3 is 6.03 Å². The molecule has 2 fully saturated rings. The molecule has 0 aliphatic carbocycles. The molecule has 1 aromatic carbocycles. The average molecular weight is 410 g/mol. The van der Waals surface area contributed by atoms with Crippen molar-refractivity contribution >= 4 is 11.7 Å². The number of anilines is 1. The minimum Gasteiger partial charge on any atom is -0.324 e. The Labute approximate surface area is 175 Å². The van der Waals surface area contributed by atoms with Crippen LogP contribution in [0.2, 0.25) is 0 Å². The molecule has 2 amide bonds. The smallest absolute Gasteiger partial charge is 0.321 e. The molecule has 3 aliphatic heterocycles. The number of pyridine rings is 1. The molecule has 0 saturated carbocycles. The van der Waals surface area contributed by atoms with Crippen molar-refractivity contribution in [1.82, 2.24) is 14.4 Å². The lowest BCUT2D eigenvalue weighted by atomic mass is 9.83. The summed E-state index contributed by atoms with van der Waals surface area (Å²) in [5.74, 6) is 0.440. The van der Waals surface area contributed by atoms with Crippen molar-refractivity contribution in [1.29, 1.82) is 0 Å². The van der Waals surface area contributed by atoms with Crippen LogP contribution in [0, 0.1) is 5.92 Å². The summed E-state index contributed by atoms with van der Waals surface area (Å²) in [7, 11) is 0. The lowest BCUT2D eigenvalue weighted by Crippen LogP contribution is -2.50. The average Bonchev–Trinajstić information content (AvgIpc) is 3.16. The third-order valence-electron chi connectivity index (χ3n) is 6.60. The van der Waals surface area contributed by atoms with Crippen molar-refractivity contribution in [3.63, 3.8) is 0 Å². The number of nitrogens with zero attached hydrogens (tertiary/aromatic N) is 3. The van der Waals surface area contributed by atoms with Gasteiger partial charge in [-0.3, -0.25) is 9.69 Å². The predicted molar refractivity (Wildman–Crippen MR) is 113 cm³/mol. The molecule has 0 unspecified atom stereocenters. The van der Waals surface area contributed by atoms with Gasteiger partial charge in [0.25, 0.3) is 5.56 Å². The predicted octanol–water partition coefficient (Wildman–Crippen LogP) is 3.04. The van der Waals surface area contributed by atoms with E-state index >= 15 is 0 Å². The number of halogens is 1. The molecule has 30 heavy (non-hydrogen) atoms. The zero-order valence-corrected chi connectivity index (χ0v) is 17.0. The molecule has 0 radical (unpaired) electrons. The Kier molecular flexibility index (Phi) is 5.06. The molecule has 5 rings (SSSR count). The van der Waals surface area contributed by atoms with Crippen LogP contribution in [-0.4, -0.2) is 52.7 Å². The Balaban J connectivity index is 1.32. The molecule has 158 valence electrons. The van der Waals surface area contributed by atoms with Gasteiger partial charge in [-0.15, -0.1) is 0 Å². The van der Waals surface area contributed by atoms with Gasteiger partial charge in [0.05, 0.1) is 0 Å². The first-order valence-corrected chi connectivity index (χ1v) is 10.8. The third-order valence-corrected chi connectivity index (χ3v) is 6.60. The van der Waals surface area contributed by atoms with Gasteiger partial charge in [-0.1, -0.05) is 24.3 Å². The molecule has 4 heterocycles. The highest BCUT2D eigenvalue weighted by atomic mass is 19.1. The SMILES string of the molecule is O=C(Nc1ccccc1)N1C[C@@H]2C[C@H](C1)c1ccc(CN3CC[C@H](F)C3)c(=O)n1C2. The first-order valence-electron chi connectivity index (χ1n) is 10.8. The maximum Gasteiger partial charge on any atom is 0.321 e. The Morgan fingerprint density at radius 2 is 1.90 bits per heavy atom. The van der Waals surface area contributed by atoms with E-state index in [1.54, 1.807) is 0 Å². The quantitative estimate of drug-likeness (QED) is 0.846. The van der Waals surface area contributed by atoms with Gasteiger partial charge in [0.1, 0.15) is 6.17 Å². The van der Waals surface area contributed by atoms with E-state index in [0.717, 1.165) is 23.4 Å². The summed E-state index contributed by atoms with van der Waals surface area (Å²) in [5.41, 5.74) is 2.59.